The van der Waals surface area contributed by atoms with Crippen LogP contribution in [0.5, 0.6) is 5.75 Å². The lowest BCUT2D eigenvalue weighted by Crippen LogP contribution is -2.51. The molecular formula is C31H30F4N4O5. The van der Waals surface area contributed by atoms with E-state index >= 15 is 0 Å². The van der Waals surface area contributed by atoms with Gasteiger partial charge in [-0.1, -0.05) is 30.3 Å². The van der Waals surface area contributed by atoms with Crippen molar-refractivity contribution in [2.45, 2.75) is 56.5 Å². The standard InChI is InChI=1S/C31H30F4N4O5/c1-30(17-32)16-31(44-37-30)8-5-9-38-14-24(31)39-13-21(28(41)36-12-20-22(34)10-19(33)11-23(20)35)26(40)27(25(39)29(38)42)43-15-18-6-3-2-4-7-18/h2-4,6-7,10-11,13,24,37H,5,8-9,12,14-17H2,1H3,(H,36,41)/t24-,30?,31+/m1/s1. The molecule has 3 atom stereocenters. The maximum absolute atomic E-state index is 14.3. The molecule has 13 heteroatoms. The van der Waals surface area contributed by atoms with Crippen molar-refractivity contribution in [3.8, 4) is 5.75 Å². The zero-order valence-corrected chi connectivity index (χ0v) is 23.8. The fourth-order valence-corrected chi connectivity index (χ4v) is 6.33. The Balaban J connectivity index is 1.44. The van der Waals surface area contributed by atoms with E-state index in [0.29, 0.717) is 37.1 Å². The predicted octanol–water partition coefficient (Wildman–Crippen LogP) is 3.96. The molecule has 2 bridgehead atoms. The van der Waals surface area contributed by atoms with Gasteiger partial charge < -0.3 is 19.5 Å². The summed E-state index contributed by atoms with van der Waals surface area (Å²) < 4.78 is 63.5. The fourth-order valence-electron chi connectivity index (χ4n) is 6.33. The summed E-state index contributed by atoms with van der Waals surface area (Å²) in [4.78, 5) is 48.8. The normalized spacial score (nSPS) is 24.2. The van der Waals surface area contributed by atoms with Crippen LogP contribution in [-0.4, -0.2) is 52.2 Å². The number of alkyl halides is 1. The third-order valence-electron chi connectivity index (χ3n) is 8.53. The summed E-state index contributed by atoms with van der Waals surface area (Å²) in [6.07, 6.45) is 2.48. The molecule has 1 aromatic heterocycles. The number of carbonyl (C=O) groups is 2. The topological polar surface area (TPSA) is 102 Å². The number of hydrogen-bond acceptors (Lipinski definition) is 6. The minimum absolute atomic E-state index is 0.0759. The average molecular weight is 615 g/mol. The first-order valence-electron chi connectivity index (χ1n) is 14.2. The quantitative estimate of drug-likeness (QED) is 0.391. The smallest absolute Gasteiger partial charge is 0.274 e. The Morgan fingerprint density at radius 2 is 1.89 bits per heavy atom. The number of hydroxylamine groups is 1. The number of aromatic nitrogens is 1. The second-order valence-corrected chi connectivity index (χ2v) is 11.8. The molecule has 2 saturated heterocycles. The van der Waals surface area contributed by atoms with E-state index in [-0.39, 0.29) is 31.0 Å². The van der Waals surface area contributed by atoms with Gasteiger partial charge >= 0.3 is 0 Å². The Hall–Kier alpha value is -4.23. The predicted molar refractivity (Wildman–Crippen MR) is 149 cm³/mol. The Kier molecular flexibility index (Phi) is 7.70. The van der Waals surface area contributed by atoms with Crippen molar-refractivity contribution in [2.75, 3.05) is 19.8 Å². The Labute approximate surface area is 249 Å². The number of rotatable bonds is 7. The monoisotopic (exact) mass is 614 g/mol. The van der Waals surface area contributed by atoms with Crippen molar-refractivity contribution in [2.24, 2.45) is 0 Å². The van der Waals surface area contributed by atoms with E-state index in [4.69, 9.17) is 9.57 Å². The van der Waals surface area contributed by atoms with Gasteiger partial charge in [0.25, 0.3) is 11.8 Å². The van der Waals surface area contributed by atoms with Crippen LogP contribution in [0.4, 0.5) is 17.6 Å². The van der Waals surface area contributed by atoms with Gasteiger partial charge in [-0.3, -0.25) is 19.2 Å². The maximum Gasteiger partial charge on any atom is 0.274 e. The van der Waals surface area contributed by atoms with Crippen molar-refractivity contribution in [1.82, 2.24) is 20.3 Å². The van der Waals surface area contributed by atoms with Crippen molar-refractivity contribution in [1.29, 1.82) is 0 Å². The summed E-state index contributed by atoms with van der Waals surface area (Å²) in [5.74, 6) is -5.35. The van der Waals surface area contributed by atoms with E-state index in [1.807, 2.05) is 0 Å². The van der Waals surface area contributed by atoms with E-state index < -0.39 is 76.2 Å². The number of pyridine rings is 1. The molecule has 0 radical (unpaired) electrons. The van der Waals surface area contributed by atoms with Crippen LogP contribution in [0, 0.1) is 17.5 Å². The van der Waals surface area contributed by atoms with Crippen LogP contribution in [0.15, 0.2) is 53.5 Å². The van der Waals surface area contributed by atoms with Crippen molar-refractivity contribution < 1.29 is 36.7 Å². The van der Waals surface area contributed by atoms with Crippen LogP contribution in [0.2, 0.25) is 0 Å². The molecule has 2 aromatic carbocycles. The molecule has 0 saturated carbocycles. The van der Waals surface area contributed by atoms with Gasteiger partial charge in [-0.2, -0.15) is 5.48 Å². The van der Waals surface area contributed by atoms with Crippen LogP contribution >= 0.6 is 0 Å². The number of hydrogen-bond donors (Lipinski definition) is 2. The van der Waals surface area contributed by atoms with E-state index in [1.165, 1.54) is 10.8 Å². The summed E-state index contributed by atoms with van der Waals surface area (Å²) in [6.45, 7) is 0.740. The van der Waals surface area contributed by atoms with Gasteiger partial charge in [0.15, 0.2) is 11.4 Å². The average Bonchev–Trinajstić information content (AvgIpc) is 3.25. The highest BCUT2D eigenvalue weighted by molar-refractivity contribution is 5.99. The number of ether oxygens (including phenoxy) is 1. The Morgan fingerprint density at radius 1 is 1.16 bits per heavy atom. The lowest BCUT2D eigenvalue weighted by molar-refractivity contribution is -0.0970. The number of carbonyl (C=O) groups excluding carboxylic acids is 2. The first-order chi connectivity index (χ1) is 21.0. The largest absolute Gasteiger partial charge is 0.483 e. The molecule has 0 aliphatic carbocycles. The fraction of sp³-hybridized carbons (Fsp3) is 0.387. The van der Waals surface area contributed by atoms with Crippen molar-refractivity contribution >= 4 is 11.8 Å². The molecule has 4 heterocycles. The summed E-state index contributed by atoms with van der Waals surface area (Å²) in [7, 11) is 0. The van der Waals surface area contributed by atoms with Crippen LogP contribution in [0.25, 0.3) is 0 Å². The van der Waals surface area contributed by atoms with Gasteiger partial charge in [-0.05, 0) is 25.3 Å². The molecule has 2 amide bonds. The number of amides is 2. The van der Waals surface area contributed by atoms with E-state index in [0.717, 1.165) is 0 Å². The summed E-state index contributed by atoms with van der Waals surface area (Å²) in [6, 6.07) is 9.22. The first kappa shape index (κ1) is 29.8. The molecular weight excluding hydrogens is 584 g/mol. The number of halogens is 4. The third-order valence-corrected chi connectivity index (χ3v) is 8.53. The highest BCUT2D eigenvalue weighted by atomic mass is 19.1. The Morgan fingerprint density at radius 3 is 2.57 bits per heavy atom. The molecule has 6 rings (SSSR count). The SMILES string of the molecule is CC1(CF)C[C@]2(CCCN3C[C@H]2n2cc(C(=O)NCc4c(F)cc(F)cc4F)c(=O)c(OCc4ccccc4)c2C3=O)ON1. The second kappa shape index (κ2) is 11.4. The molecule has 3 aromatic rings. The molecule has 3 aliphatic rings. The maximum atomic E-state index is 14.3. The summed E-state index contributed by atoms with van der Waals surface area (Å²) in [5.41, 5.74) is -0.488. The minimum atomic E-state index is -1.20. The highest BCUT2D eigenvalue weighted by Crippen LogP contribution is 2.47. The zero-order chi connectivity index (χ0) is 31.2. The molecule has 3 aliphatic heterocycles. The molecule has 2 N–H and O–H groups in total. The van der Waals surface area contributed by atoms with Gasteiger partial charge in [0.2, 0.25) is 5.43 Å². The summed E-state index contributed by atoms with van der Waals surface area (Å²) >= 11 is 0. The van der Waals surface area contributed by atoms with Gasteiger partial charge in [-0.25, -0.2) is 17.6 Å². The van der Waals surface area contributed by atoms with Crippen molar-refractivity contribution in [3.63, 3.8) is 0 Å². The molecule has 44 heavy (non-hydrogen) atoms. The number of nitrogens with zero attached hydrogens (tertiary/aromatic N) is 2. The minimum Gasteiger partial charge on any atom is -0.483 e. The van der Waals surface area contributed by atoms with E-state index in [1.54, 1.807) is 42.2 Å². The van der Waals surface area contributed by atoms with E-state index in [9.17, 15) is 31.9 Å². The van der Waals surface area contributed by atoms with E-state index in [2.05, 4.69) is 10.8 Å². The van der Waals surface area contributed by atoms with Crippen molar-refractivity contribution in [3.05, 3.63) is 98.7 Å². The molecule has 232 valence electrons. The summed E-state index contributed by atoms with van der Waals surface area (Å²) in [5, 5.41) is 2.33. The highest BCUT2D eigenvalue weighted by Gasteiger charge is 2.56. The molecule has 2 fully saturated rings. The van der Waals surface area contributed by atoms with Crippen LogP contribution in [0.3, 0.4) is 0 Å². The van der Waals surface area contributed by atoms with Crippen LogP contribution in [-0.2, 0) is 18.0 Å². The second-order valence-electron chi connectivity index (χ2n) is 11.8. The Bertz CT molecular complexity index is 1660. The number of nitrogens with one attached hydrogen (secondary N) is 2. The number of fused-ring (bicyclic) bond motifs is 5. The van der Waals surface area contributed by atoms with Crippen LogP contribution in [0.1, 0.15) is 64.2 Å². The van der Waals surface area contributed by atoms with Gasteiger partial charge in [0, 0.05) is 49.9 Å². The third kappa shape index (κ3) is 5.23. The van der Waals surface area contributed by atoms with Gasteiger partial charge in [0.1, 0.15) is 41.9 Å². The van der Waals surface area contributed by atoms with Crippen LogP contribution < -0.4 is 21.0 Å². The lowest BCUT2D eigenvalue weighted by Gasteiger charge is -2.42. The molecule has 1 spiro atoms. The molecule has 1 unspecified atom stereocenters. The van der Waals surface area contributed by atoms with Gasteiger partial charge in [0.05, 0.1) is 11.6 Å². The van der Waals surface area contributed by atoms with Gasteiger partial charge in [-0.15, -0.1) is 0 Å². The zero-order valence-electron chi connectivity index (χ0n) is 23.8. The first-order valence-corrected chi connectivity index (χ1v) is 14.2. The lowest BCUT2D eigenvalue weighted by atomic mass is 9.80. The number of benzene rings is 2. The molecule has 9 nitrogen and oxygen atoms in total.